The van der Waals surface area contributed by atoms with Crippen molar-refractivity contribution in [1.82, 2.24) is 0 Å². The Balaban J connectivity index is 1.70. The summed E-state index contributed by atoms with van der Waals surface area (Å²) >= 11 is 0. The monoisotopic (exact) mass is 353 g/mol. The molecule has 2 aromatic rings. The van der Waals surface area contributed by atoms with Crippen LogP contribution in [0.15, 0.2) is 42.5 Å². The van der Waals surface area contributed by atoms with Gasteiger partial charge in [-0.1, -0.05) is 32.9 Å². The zero-order valence-electron chi connectivity index (χ0n) is 15.7. The fraction of sp³-hybridized carbons (Fsp3) is 0.381. The molecule has 0 unspecified atom stereocenters. The van der Waals surface area contributed by atoms with Crippen LogP contribution >= 0.6 is 0 Å². The molecule has 0 atom stereocenters. The largest absolute Gasteiger partial charge is 0.397 e. The van der Waals surface area contributed by atoms with Crippen LogP contribution in [0.4, 0.5) is 17.1 Å². The molecule has 1 saturated heterocycles. The molecule has 138 valence electrons. The van der Waals surface area contributed by atoms with Crippen molar-refractivity contribution in [3.8, 4) is 0 Å². The Bertz CT molecular complexity index is 773. The van der Waals surface area contributed by atoms with E-state index in [0.717, 1.165) is 18.8 Å². The lowest BCUT2D eigenvalue weighted by Gasteiger charge is -2.30. The van der Waals surface area contributed by atoms with E-state index in [2.05, 4.69) is 31.0 Å². The lowest BCUT2D eigenvalue weighted by atomic mass is 9.87. The Hall–Kier alpha value is -2.53. The van der Waals surface area contributed by atoms with Crippen molar-refractivity contribution >= 4 is 23.0 Å². The maximum atomic E-state index is 12.5. The van der Waals surface area contributed by atoms with Crippen LogP contribution in [0.25, 0.3) is 0 Å². The molecule has 26 heavy (non-hydrogen) atoms. The van der Waals surface area contributed by atoms with Crippen molar-refractivity contribution in [3.63, 3.8) is 0 Å². The predicted molar refractivity (Wildman–Crippen MR) is 107 cm³/mol. The van der Waals surface area contributed by atoms with Crippen molar-refractivity contribution in [2.45, 2.75) is 26.2 Å². The molecule has 0 bridgehead atoms. The minimum Gasteiger partial charge on any atom is -0.397 e. The minimum atomic E-state index is -0.135. The van der Waals surface area contributed by atoms with Gasteiger partial charge in [0.1, 0.15) is 0 Å². The molecule has 1 heterocycles. The Morgan fingerprint density at radius 1 is 1.08 bits per heavy atom. The van der Waals surface area contributed by atoms with Crippen LogP contribution in [0, 0.1) is 0 Å². The number of nitrogens with one attached hydrogen (secondary N) is 1. The third-order valence-electron chi connectivity index (χ3n) is 4.65. The van der Waals surface area contributed by atoms with Crippen LogP contribution < -0.4 is 16.0 Å². The highest BCUT2D eigenvalue weighted by Crippen LogP contribution is 2.28. The second-order valence-corrected chi connectivity index (χ2v) is 7.65. The molecule has 0 aromatic heterocycles. The first kappa shape index (κ1) is 18.3. The summed E-state index contributed by atoms with van der Waals surface area (Å²) in [7, 11) is 0. The second-order valence-electron chi connectivity index (χ2n) is 7.65. The molecule has 3 rings (SSSR count). The first-order chi connectivity index (χ1) is 12.3. The maximum absolute atomic E-state index is 12.5. The van der Waals surface area contributed by atoms with E-state index in [9.17, 15) is 4.79 Å². The number of morpholine rings is 1. The minimum absolute atomic E-state index is 0.0682. The van der Waals surface area contributed by atoms with E-state index in [-0.39, 0.29) is 11.3 Å². The van der Waals surface area contributed by atoms with E-state index in [1.165, 1.54) is 5.56 Å². The highest BCUT2D eigenvalue weighted by molar-refractivity contribution is 6.04. The Morgan fingerprint density at radius 3 is 2.31 bits per heavy atom. The summed E-state index contributed by atoms with van der Waals surface area (Å²) < 4.78 is 5.38. The standard InChI is InChI=1S/C21H27N3O2/c1-21(2,3)16-6-4-15(5-7-16)20(25)23-17-8-9-19(18(22)14-17)24-10-12-26-13-11-24/h4-9,14H,10-13,22H2,1-3H3,(H,23,25). The van der Waals surface area contributed by atoms with Crippen molar-refractivity contribution < 1.29 is 9.53 Å². The number of rotatable bonds is 3. The highest BCUT2D eigenvalue weighted by Gasteiger charge is 2.16. The Morgan fingerprint density at radius 2 is 1.73 bits per heavy atom. The molecule has 3 N–H and O–H groups in total. The SMILES string of the molecule is CC(C)(C)c1ccc(C(=O)Nc2ccc(N3CCOCC3)c(N)c2)cc1. The highest BCUT2D eigenvalue weighted by atomic mass is 16.5. The van der Waals surface area contributed by atoms with Crippen LogP contribution in [0.5, 0.6) is 0 Å². The van der Waals surface area contributed by atoms with Gasteiger partial charge in [-0.3, -0.25) is 4.79 Å². The van der Waals surface area contributed by atoms with E-state index in [1.807, 2.05) is 42.5 Å². The van der Waals surface area contributed by atoms with Gasteiger partial charge in [0.2, 0.25) is 0 Å². The molecular formula is C21H27N3O2. The van der Waals surface area contributed by atoms with Crippen molar-refractivity contribution in [2.75, 3.05) is 42.3 Å². The van der Waals surface area contributed by atoms with E-state index in [4.69, 9.17) is 10.5 Å². The number of carbonyl (C=O) groups excluding carboxylic acids is 1. The second kappa shape index (κ2) is 7.38. The average molecular weight is 353 g/mol. The molecular weight excluding hydrogens is 326 g/mol. The maximum Gasteiger partial charge on any atom is 0.255 e. The normalized spacial score (nSPS) is 15.0. The van der Waals surface area contributed by atoms with Gasteiger partial charge in [0.25, 0.3) is 5.91 Å². The van der Waals surface area contributed by atoms with Crippen molar-refractivity contribution in [1.29, 1.82) is 0 Å². The summed E-state index contributed by atoms with van der Waals surface area (Å²) in [4.78, 5) is 14.7. The van der Waals surface area contributed by atoms with Gasteiger partial charge in [0.05, 0.1) is 24.6 Å². The molecule has 0 radical (unpaired) electrons. The van der Waals surface area contributed by atoms with E-state index in [1.54, 1.807) is 0 Å². The predicted octanol–water partition coefficient (Wildman–Crippen LogP) is 3.66. The number of nitrogen functional groups attached to an aromatic ring is 1. The van der Waals surface area contributed by atoms with Gasteiger partial charge in [0.15, 0.2) is 0 Å². The van der Waals surface area contributed by atoms with Crippen molar-refractivity contribution in [3.05, 3.63) is 53.6 Å². The molecule has 0 aliphatic carbocycles. The molecule has 5 nitrogen and oxygen atoms in total. The number of ether oxygens (including phenoxy) is 1. The number of nitrogens with zero attached hydrogens (tertiary/aromatic N) is 1. The van der Waals surface area contributed by atoms with E-state index in [0.29, 0.717) is 30.2 Å². The number of anilines is 3. The summed E-state index contributed by atoms with van der Waals surface area (Å²) in [6.07, 6.45) is 0. The fourth-order valence-electron chi connectivity index (χ4n) is 3.05. The molecule has 1 amide bonds. The summed E-state index contributed by atoms with van der Waals surface area (Å²) in [5, 5.41) is 2.93. The fourth-order valence-corrected chi connectivity index (χ4v) is 3.05. The number of hydrogen-bond donors (Lipinski definition) is 2. The van der Waals surface area contributed by atoms with E-state index < -0.39 is 0 Å². The van der Waals surface area contributed by atoms with Gasteiger partial charge in [-0.25, -0.2) is 0 Å². The third-order valence-corrected chi connectivity index (χ3v) is 4.65. The number of carbonyl (C=O) groups is 1. The third kappa shape index (κ3) is 4.17. The zero-order valence-corrected chi connectivity index (χ0v) is 15.7. The average Bonchev–Trinajstić information content (AvgIpc) is 2.62. The Labute approximate surface area is 155 Å². The lowest BCUT2D eigenvalue weighted by molar-refractivity contribution is 0.102. The summed E-state index contributed by atoms with van der Waals surface area (Å²) in [5.74, 6) is -0.135. The lowest BCUT2D eigenvalue weighted by Crippen LogP contribution is -2.36. The van der Waals surface area contributed by atoms with Gasteiger partial charge < -0.3 is 20.7 Å². The van der Waals surface area contributed by atoms with Gasteiger partial charge >= 0.3 is 0 Å². The summed E-state index contributed by atoms with van der Waals surface area (Å²) in [6, 6.07) is 13.4. The Kier molecular flexibility index (Phi) is 5.18. The van der Waals surface area contributed by atoms with Gasteiger partial charge in [-0.15, -0.1) is 0 Å². The molecule has 2 aromatic carbocycles. The molecule has 1 aliphatic heterocycles. The van der Waals surface area contributed by atoms with Crippen LogP contribution in [-0.4, -0.2) is 32.2 Å². The quantitative estimate of drug-likeness (QED) is 0.827. The van der Waals surface area contributed by atoms with Gasteiger partial charge in [0, 0.05) is 24.3 Å². The number of nitrogens with two attached hydrogens (primary N) is 1. The summed E-state index contributed by atoms with van der Waals surface area (Å²) in [5.41, 5.74) is 10.4. The number of amides is 1. The van der Waals surface area contributed by atoms with Crippen LogP contribution in [-0.2, 0) is 10.2 Å². The molecule has 0 spiro atoms. The first-order valence-electron chi connectivity index (χ1n) is 8.99. The summed E-state index contributed by atoms with van der Waals surface area (Å²) in [6.45, 7) is 9.54. The van der Waals surface area contributed by atoms with Crippen LogP contribution in [0.1, 0.15) is 36.7 Å². The smallest absolute Gasteiger partial charge is 0.255 e. The van der Waals surface area contributed by atoms with Crippen LogP contribution in [0.2, 0.25) is 0 Å². The zero-order chi connectivity index (χ0) is 18.7. The van der Waals surface area contributed by atoms with E-state index >= 15 is 0 Å². The molecule has 1 aliphatic rings. The molecule has 5 heteroatoms. The first-order valence-corrected chi connectivity index (χ1v) is 8.99. The molecule has 1 fully saturated rings. The topological polar surface area (TPSA) is 67.6 Å². The molecule has 0 saturated carbocycles. The van der Waals surface area contributed by atoms with Crippen molar-refractivity contribution in [2.24, 2.45) is 0 Å². The van der Waals surface area contributed by atoms with Gasteiger partial charge in [-0.2, -0.15) is 0 Å². The van der Waals surface area contributed by atoms with Crippen LogP contribution in [0.3, 0.4) is 0 Å². The van der Waals surface area contributed by atoms with Gasteiger partial charge in [-0.05, 0) is 41.3 Å². The number of benzene rings is 2. The number of hydrogen-bond acceptors (Lipinski definition) is 4.